The van der Waals surface area contributed by atoms with Crippen LogP contribution in [0.2, 0.25) is 0 Å². The molecule has 0 spiro atoms. The van der Waals surface area contributed by atoms with Crippen molar-refractivity contribution in [2.45, 2.75) is 26.3 Å². The minimum atomic E-state index is 0.0362. The van der Waals surface area contributed by atoms with Gasteiger partial charge in [-0.1, -0.05) is 55.0 Å². The number of carbonyl (C=O) groups is 2. The molecule has 1 N–H and O–H groups in total. The molecule has 2 amide bonds. The van der Waals surface area contributed by atoms with E-state index in [0.717, 1.165) is 17.5 Å². The zero-order chi connectivity index (χ0) is 19.9. The van der Waals surface area contributed by atoms with Crippen LogP contribution in [0.4, 0.5) is 0 Å². The number of benzene rings is 2. The average Bonchev–Trinajstić information content (AvgIpc) is 2.73. The highest BCUT2D eigenvalue weighted by Crippen LogP contribution is 2.17. The van der Waals surface area contributed by atoms with E-state index in [1.54, 1.807) is 0 Å². The van der Waals surface area contributed by atoms with Gasteiger partial charge in [-0.2, -0.15) is 0 Å². The summed E-state index contributed by atoms with van der Waals surface area (Å²) in [6.07, 6.45) is 0.855. The van der Waals surface area contributed by atoms with Gasteiger partial charge in [0, 0.05) is 31.7 Å². The van der Waals surface area contributed by atoms with Crippen LogP contribution in [0.3, 0.4) is 0 Å². The number of hydrogen-bond donors (Lipinski definition) is 1. The highest BCUT2D eigenvalue weighted by Gasteiger charge is 2.23. The standard InChI is InChI=1S/C23H29N3O2/c1-3-21(19-11-9-18(2)10-12-19)24-22(27)17-25-13-15-26(16-14-25)23(28)20-7-5-4-6-8-20/h4-12,21H,3,13-17H2,1-2H3,(H,24,27)/t21-/m1/s1. The second kappa shape index (κ2) is 9.51. The Balaban J connectivity index is 1.48. The number of piperazine rings is 1. The fraction of sp³-hybridized carbons (Fsp3) is 0.391. The summed E-state index contributed by atoms with van der Waals surface area (Å²) in [5.74, 6) is 0.102. The fourth-order valence-electron chi connectivity index (χ4n) is 3.54. The molecular weight excluding hydrogens is 350 g/mol. The number of nitrogens with one attached hydrogen (secondary N) is 1. The van der Waals surface area contributed by atoms with E-state index >= 15 is 0 Å². The molecule has 1 heterocycles. The van der Waals surface area contributed by atoms with E-state index in [0.29, 0.717) is 32.7 Å². The number of hydrogen-bond acceptors (Lipinski definition) is 3. The summed E-state index contributed by atoms with van der Waals surface area (Å²) in [5.41, 5.74) is 3.07. The van der Waals surface area contributed by atoms with Crippen LogP contribution in [0.1, 0.15) is 40.9 Å². The van der Waals surface area contributed by atoms with E-state index in [1.165, 1.54) is 5.56 Å². The lowest BCUT2D eigenvalue weighted by molar-refractivity contribution is -0.123. The Labute approximate surface area is 167 Å². The Bertz CT molecular complexity index is 781. The molecule has 1 atom stereocenters. The first-order valence-corrected chi connectivity index (χ1v) is 9.99. The summed E-state index contributed by atoms with van der Waals surface area (Å²) in [6.45, 7) is 7.24. The summed E-state index contributed by atoms with van der Waals surface area (Å²) < 4.78 is 0. The third-order valence-corrected chi connectivity index (χ3v) is 5.27. The molecule has 5 heteroatoms. The van der Waals surface area contributed by atoms with Gasteiger partial charge in [-0.25, -0.2) is 0 Å². The Morgan fingerprint density at radius 3 is 2.21 bits per heavy atom. The van der Waals surface area contributed by atoms with Crippen molar-refractivity contribution in [3.8, 4) is 0 Å². The van der Waals surface area contributed by atoms with Crippen molar-refractivity contribution in [2.75, 3.05) is 32.7 Å². The Morgan fingerprint density at radius 2 is 1.61 bits per heavy atom. The van der Waals surface area contributed by atoms with Crippen LogP contribution in [0.5, 0.6) is 0 Å². The largest absolute Gasteiger partial charge is 0.348 e. The van der Waals surface area contributed by atoms with Gasteiger partial charge in [-0.05, 0) is 31.0 Å². The Hall–Kier alpha value is -2.66. The van der Waals surface area contributed by atoms with E-state index in [9.17, 15) is 9.59 Å². The molecule has 2 aromatic rings. The molecule has 0 radical (unpaired) electrons. The molecule has 0 unspecified atom stereocenters. The van der Waals surface area contributed by atoms with Gasteiger partial charge in [-0.15, -0.1) is 0 Å². The van der Waals surface area contributed by atoms with Crippen LogP contribution in [0, 0.1) is 6.92 Å². The van der Waals surface area contributed by atoms with Crippen molar-refractivity contribution < 1.29 is 9.59 Å². The highest BCUT2D eigenvalue weighted by atomic mass is 16.2. The van der Waals surface area contributed by atoms with Crippen LogP contribution < -0.4 is 5.32 Å². The smallest absolute Gasteiger partial charge is 0.253 e. The average molecular weight is 380 g/mol. The zero-order valence-electron chi connectivity index (χ0n) is 16.7. The van der Waals surface area contributed by atoms with Gasteiger partial charge in [0.2, 0.25) is 5.91 Å². The van der Waals surface area contributed by atoms with E-state index in [-0.39, 0.29) is 17.9 Å². The summed E-state index contributed by atoms with van der Waals surface area (Å²) in [7, 11) is 0. The summed E-state index contributed by atoms with van der Waals surface area (Å²) in [4.78, 5) is 29.0. The lowest BCUT2D eigenvalue weighted by Crippen LogP contribution is -2.51. The van der Waals surface area contributed by atoms with Crippen molar-refractivity contribution in [1.29, 1.82) is 0 Å². The lowest BCUT2D eigenvalue weighted by Gasteiger charge is -2.34. The van der Waals surface area contributed by atoms with Crippen molar-refractivity contribution in [3.05, 3.63) is 71.3 Å². The van der Waals surface area contributed by atoms with E-state index < -0.39 is 0 Å². The van der Waals surface area contributed by atoms with E-state index in [2.05, 4.69) is 48.3 Å². The third kappa shape index (κ3) is 5.20. The van der Waals surface area contributed by atoms with Gasteiger partial charge in [-0.3, -0.25) is 14.5 Å². The number of nitrogens with zero attached hydrogens (tertiary/aromatic N) is 2. The van der Waals surface area contributed by atoms with Crippen LogP contribution in [0.15, 0.2) is 54.6 Å². The molecule has 1 aliphatic rings. The summed E-state index contributed by atoms with van der Waals surface area (Å²) >= 11 is 0. The van der Waals surface area contributed by atoms with Crippen molar-refractivity contribution >= 4 is 11.8 Å². The highest BCUT2D eigenvalue weighted by molar-refractivity contribution is 5.94. The molecule has 1 aliphatic heterocycles. The molecule has 2 aromatic carbocycles. The molecule has 0 bridgehead atoms. The molecule has 0 aliphatic carbocycles. The first-order valence-electron chi connectivity index (χ1n) is 9.99. The van der Waals surface area contributed by atoms with Crippen molar-refractivity contribution in [1.82, 2.24) is 15.1 Å². The quantitative estimate of drug-likeness (QED) is 0.839. The van der Waals surface area contributed by atoms with Crippen LogP contribution in [-0.4, -0.2) is 54.3 Å². The predicted molar refractivity (Wildman–Crippen MR) is 111 cm³/mol. The fourth-order valence-corrected chi connectivity index (χ4v) is 3.54. The molecular formula is C23H29N3O2. The lowest BCUT2D eigenvalue weighted by atomic mass is 10.0. The second-order valence-corrected chi connectivity index (χ2v) is 7.37. The first-order chi connectivity index (χ1) is 13.6. The molecule has 28 heavy (non-hydrogen) atoms. The molecule has 1 saturated heterocycles. The summed E-state index contributed by atoms with van der Waals surface area (Å²) in [5, 5.41) is 3.15. The monoisotopic (exact) mass is 379 g/mol. The van der Waals surface area contributed by atoms with Gasteiger partial charge in [0.15, 0.2) is 0 Å². The van der Waals surface area contributed by atoms with Gasteiger partial charge >= 0.3 is 0 Å². The van der Waals surface area contributed by atoms with E-state index in [1.807, 2.05) is 35.2 Å². The van der Waals surface area contributed by atoms with Gasteiger partial charge < -0.3 is 10.2 Å². The van der Waals surface area contributed by atoms with Crippen LogP contribution in [-0.2, 0) is 4.79 Å². The minimum Gasteiger partial charge on any atom is -0.348 e. The molecule has 5 nitrogen and oxygen atoms in total. The number of carbonyl (C=O) groups excluding carboxylic acids is 2. The van der Waals surface area contributed by atoms with Crippen LogP contribution in [0.25, 0.3) is 0 Å². The maximum absolute atomic E-state index is 12.5. The van der Waals surface area contributed by atoms with Crippen molar-refractivity contribution in [3.63, 3.8) is 0 Å². The normalized spacial score (nSPS) is 15.9. The first kappa shape index (κ1) is 20.1. The van der Waals surface area contributed by atoms with Gasteiger partial charge in [0.1, 0.15) is 0 Å². The second-order valence-electron chi connectivity index (χ2n) is 7.37. The molecule has 1 fully saturated rings. The number of amides is 2. The Kier molecular flexibility index (Phi) is 6.82. The maximum atomic E-state index is 12.5. The summed E-state index contributed by atoms with van der Waals surface area (Å²) in [6, 6.07) is 17.7. The minimum absolute atomic E-state index is 0.0362. The van der Waals surface area contributed by atoms with Crippen LogP contribution >= 0.6 is 0 Å². The van der Waals surface area contributed by atoms with Gasteiger partial charge in [0.05, 0.1) is 12.6 Å². The number of aryl methyl sites for hydroxylation is 1. The zero-order valence-corrected chi connectivity index (χ0v) is 16.7. The number of rotatable bonds is 6. The molecule has 0 saturated carbocycles. The third-order valence-electron chi connectivity index (χ3n) is 5.27. The molecule has 3 rings (SSSR count). The SMILES string of the molecule is CC[C@@H](NC(=O)CN1CCN(C(=O)c2ccccc2)CC1)c1ccc(C)cc1. The topological polar surface area (TPSA) is 52.7 Å². The predicted octanol–water partition coefficient (Wildman–Crippen LogP) is 3.02. The van der Waals surface area contributed by atoms with Crippen molar-refractivity contribution in [2.24, 2.45) is 0 Å². The molecule has 148 valence electrons. The van der Waals surface area contributed by atoms with E-state index in [4.69, 9.17) is 0 Å². The Morgan fingerprint density at radius 1 is 0.964 bits per heavy atom. The maximum Gasteiger partial charge on any atom is 0.253 e. The van der Waals surface area contributed by atoms with Gasteiger partial charge in [0.25, 0.3) is 5.91 Å². The molecule has 0 aromatic heterocycles.